The van der Waals surface area contributed by atoms with Crippen LogP contribution in [0, 0.1) is 29.6 Å². The SMILES string of the molecule is CC(=O)NC(CSC1=C2C3=C(C)C(=O)C(O)=C2[C@@H]2O[C@H](CC[C@H](C)/C=C(\C)C[C@@H](C)C[C@H](C)[C@]1(O)O3)[C@H](C)[C@H](O)[C@H]2C)C(=O)O. The van der Waals surface area contributed by atoms with Gasteiger partial charge in [0, 0.05) is 47.1 Å². The average Bonchev–Trinajstić information content (AvgIpc) is 3.25. The lowest BCUT2D eigenvalue weighted by molar-refractivity contribution is -0.167. The second-order valence-electron chi connectivity index (χ2n) is 13.8. The summed E-state index contributed by atoms with van der Waals surface area (Å²) in [6.45, 7) is 14.7. The number of allylic oxidation sites excluding steroid dienone is 4. The monoisotopic (exact) mass is 647 g/mol. The van der Waals surface area contributed by atoms with Gasteiger partial charge >= 0.3 is 5.97 Å². The fourth-order valence-electron chi connectivity index (χ4n) is 7.37. The van der Waals surface area contributed by atoms with Crippen molar-refractivity contribution in [3.05, 3.63) is 44.8 Å². The molecule has 10 atom stereocenters. The van der Waals surface area contributed by atoms with E-state index >= 15 is 0 Å². The summed E-state index contributed by atoms with van der Waals surface area (Å²) < 4.78 is 13.0. The second-order valence-corrected chi connectivity index (χ2v) is 14.8. The van der Waals surface area contributed by atoms with E-state index in [2.05, 4.69) is 32.2 Å². The predicted octanol–water partition coefficient (Wildman–Crippen LogP) is 4.78. The first-order valence-corrected chi connectivity index (χ1v) is 16.9. The number of aliphatic hydroxyl groups is 3. The molecule has 1 amide bonds. The van der Waals surface area contributed by atoms with Crippen LogP contribution in [-0.2, 0) is 23.9 Å². The number of ether oxygens (including phenoxy) is 2. The van der Waals surface area contributed by atoms with Gasteiger partial charge in [0.15, 0.2) is 5.76 Å². The lowest BCUT2D eigenvalue weighted by Crippen LogP contribution is -2.50. The largest absolute Gasteiger partial charge is 0.504 e. The number of amides is 1. The van der Waals surface area contributed by atoms with Crippen molar-refractivity contribution in [3.63, 3.8) is 0 Å². The lowest BCUT2D eigenvalue weighted by atomic mass is 9.75. The van der Waals surface area contributed by atoms with E-state index in [1.807, 2.05) is 20.8 Å². The van der Waals surface area contributed by atoms with Gasteiger partial charge in [0.1, 0.15) is 11.8 Å². The minimum Gasteiger partial charge on any atom is -0.504 e. The van der Waals surface area contributed by atoms with Crippen molar-refractivity contribution in [1.29, 1.82) is 0 Å². The number of carbonyl (C=O) groups is 3. The van der Waals surface area contributed by atoms with Crippen molar-refractivity contribution in [2.24, 2.45) is 29.6 Å². The Labute approximate surface area is 270 Å². The Bertz CT molecular complexity index is 1350. The van der Waals surface area contributed by atoms with Crippen molar-refractivity contribution in [2.45, 2.75) is 111 Å². The first-order valence-electron chi connectivity index (χ1n) is 16.0. The van der Waals surface area contributed by atoms with Crippen LogP contribution in [0.5, 0.6) is 0 Å². The topological polar surface area (TPSA) is 163 Å². The number of rotatable bonds is 5. The van der Waals surface area contributed by atoms with E-state index in [4.69, 9.17) is 9.47 Å². The first kappa shape index (κ1) is 35.3. The fraction of sp³-hybridized carbons (Fsp3) is 0.676. The molecule has 4 rings (SSSR count). The number of aliphatic carboxylic acids is 1. The van der Waals surface area contributed by atoms with E-state index in [9.17, 15) is 34.8 Å². The number of fused-ring (bicyclic) bond motifs is 4. The van der Waals surface area contributed by atoms with Crippen molar-refractivity contribution in [2.75, 3.05) is 5.75 Å². The minimum atomic E-state index is -1.97. The van der Waals surface area contributed by atoms with Crippen LogP contribution in [0.15, 0.2) is 44.8 Å². The summed E-state index contributed by atoms with van der Waals surface area (Å²) in [4.78, 5) is 37.6. The van der Waals surface area contributed by atoms with Crippen molar-refractivity contribution < 1.29 is 44.3 Å². The third-order valence-corrected chi connectivity index (χ3v) is 11.1. The number of ketones is 1. The van der Waals surface area contributed by atoms with Crippen LogP contribution < -0.4 is 5.32 Å². The maximum atomic E-state index is 13.5. The van der Waals surface area contributed by atoms with E-state index in [1.54, 1.807) is 0 Å². The van der Waals surface area contributed by atoms with Crippen LogP contribution >= 0.6 is 11.8 Å². The zero-order chi connectivity index (χ0) is 33.5. The van der Waals surface area contributed by atoms with Gasteiger partial charge in [0.2, 0.25) is 17.5 Å². The molecule has 3 aliphatic heterocycles. The van der Waals surface area contributed by atoms with E-state index in [-0.39, 0.29) is 57.0 Å². The molecule has 11 heteroatoms. The molecule has 0 aromatic rings. The van der Waals surface area contributed by atoms with Gasteiger partial charge in [-0.1, -0.05) is 46.3 Å². The summed E-state index contributed by atoms with van der Waals surface area (Å²) in [6, 6.07) is -1.27. The molecule has 0 aromatic heterocycles. The lowest BCUT2D eigenvalue weighted by Gasteiger charge is -2.44. The van der Waals surface area contributed by atoms with Gasteiger partial charge in [0.25, 0.3) is 0 Å². The summed E-state index contributed by atoms with van der Waals surface area (Å²) in [7, 11) is 0. The quantitative estimate of drug-likeness (QED) is 0.263. The van der Waals surface area contributed by atoms with E-state index in [1.165, 1.54) is 19.4 Å². The Kier molecular flexibility index (Phi) is 10.7. The standard InChI is InChI=1S/C34H49NO9S/c1-15-9-10-24-19(5)27(37)20(6)30(43-24)25-26-31(21(7)28(38)29(25)39)44-34(42,18(4)13-17(3)12-16(2)11-15)32(26)45-14-23(33(40)41)35-22(8)36/h11,15,17-20,23-24,27,30,37,39,42H,9-10,12-14H2,1-8H3,(H,35,36)(H,40,41)/b16-11+/t15-,17+,18-,19-,20+,23?,24+,27-,30+,34-/m0/s1. The summed E-state index contributed by atoms with van der Waals surface area (Å²) in [6.07, 6.45) is 2.99. The number of carboxylic acids is 1. The molecule has 1 aliphatic carbocycles. The number of aliphatic hydroxyl groups excluding tert-OH is 2. The van der Waals surface area contributed by atoms with E-state index in [0.29, 0.717) is 12.8 Å². The normalized spacial score (nSPS) is 38.0. The smallest absolute Gasteiger partial charge is 0.327 e. The molecule has 250 valence electrons. The maximum absolute atomic E-state index is 13.5. The van der Waals surface area contributed by atoms with Crippen LogP contribution in [0.4, 0.5) is 0 Å². The van der Waals surface area contributed by atoms with Crippen molar-refractivity contribution in [3.8, 4) is 0 Å². The summed E-state index contributed by atoms with van der Waals surface area (Å²) in [5.41, 5.74) is 1.76. The molecule has 10 nitrogen and oxygen atoms in total. The number of carboxylic acid groups (broad SMARTS) is 1. The molecule has 0 spiro atoms. The molecule has 5 N–H and O–H groups in total. The van der Waals surface area contributed by atoms with Gasteiger partial charge in [0.05, 0.1) is 23.2 Å². The highest BCUT2D eigenvalue weighted by Crippen LogP contribution is 2.55. The van der Waals surface area contributed by atoms with Crippen LogP contribution in [0.2, 0.25) is 0 Å². The zero-order valence-electron chi connectivity index (χ0n) is 27.5. The third kappa shape index (κ3) is 6.92. The molecule has 3 heterocycles. The molecular weight excluding hydrogens is 598 g/mol. The number of hydrogen-bond acceptors (Lipinski definition) is 9. The molecular formula is C34H49NO9S. The highest BCUT2D eigenvalue weighted by molar-refractivity contribution is 8.03. The van der Waals surface area contributed by atoms with Gasteiger partial charge in [-0.15, -0.1) is 11.8 Å². The van der Waals surface area contributed by atoms with Crippen molar-refractivity contribution in [1.82, 2.24) is 5.32 Å². The zero-order valence-corrected chi connectivity index (χ0v) is 28.4. The summed E-state index contributed by atoms with van der Waals surface area (Å²) >= 11 is 1.01. The summed E-state index contributed by atoms with van der Waals surface area (Å²) in [5.74, 6) is -5.80. The minimum absolute atomic E-state index is 0.108. The fourth-order valence-corrected chi connectivity index (χ4v) is 8.72. The Balaban J connectivity index is 1.94. The molecule has 4 bridgehead atoms. The van der Waals surface area contributed by atoms with Gasteiger partial charge < -0.3 is 35.2 Å². The molecule has 1 saturated heterocycles. The molecule has 1 fully saturated rings. The Morgan fingerprint density at radius 1 is 1.13 bits per heavy atom. The summed E-state index contributed by atoms with van der Waals surface area (Å²) in [5, 5.41) is 47.7. The van der Waals surface area contributed by atoms with Gasteiger partial charge in [-0.3, -0.25) is 9.59 Å². The Hall–Kier alpha value is -2.60. The number of carbonyl (C=O) groups excluding carboxylic acids is 2. The molecule has 0 saturated carbocycles. The van der Waals surface area contributed by atoms with Gasteiger partial charge in [-0.2, -0.15) is 0 Å². The van der Waals surface area contributed by atoms with E-state index < -0.39 is 59.3 Å². The molecule has 0 radical (unpaired) electrons. The highest BCUT2D eigenvalue weighted by atomic mass is 32.2. The molecule has 45 heavy (non-hydrogen) atoms. The van der Waals surface area contributed by atoms with Gasteiger partial charge in [-0.05, 0) is 51.4 Å². The van der Waals surface area contributed by atoms with Crippen LogP contribution in [0.3, 0.4) is 0 Å². The number of thioether (sulfide) groups is 1. The van der Waals surface area contributed by atoms with Gasteiger partial charge in [-0.25, -0.2) is 4.79 Å². The number of Topliss-reactive ketones (excluding diaryl/α,β-unsaturated/α-hetero) is 1. The number of hydrogen-bond donors (Lipinski definition) is 5. The highest BCUT2D eigenvalue weighted by Gasteiger charge is 2.55. The van der Waals surface area contributed by atoms with Crippen LogP contribution in [-0.4, -0.2) is 74.0 Å². The Morgan fingerprint density at radius 3 is 2.42 bits per heavy atom. The van der Waals surface area contributed by atoms with Crippen LogP contribution in [0.1, 0.15) is 81.1 Å². The Morgan fingerprint density at radius 2 is 1.80 bits per heavy atom. The third-order valence-electron chi connectivity index (χ3n) is 9.84. The number of nitrogens with one attached hydrogen (secondary N) is 1. The van der Waals surface area contributed by atoms with Crippen LogP contribution in [0.25, 0.3) is 0 Å². The maximum Gasteiger partial charge on any atom is 0.327 e. The average molecular weight is 648 g/mol. The predicted molar refractivity (Wildman–Crippen MR) is 171 cm³/mol. The second kappa shape index (κ2) is 13.6. The molecule has 0 aromatic carbocycles. The van der Waals surface area contributed by atoms with Crippen molar-refractivity contribution >= 4 is 29.4 Å². The molecule has 4 aliphatic rings. The van der Waals surface area contributed by atoms with E-state index in [0.717, 1.165) is 24.6 Å². The molecule has 1 unspecified atom stereocenters. The first-order chi connectivity index (χ1) is 21.0.